The Morgan fingerprint density at radius 3 is 2.61 bits per heavy atom. The van der Waals surface area contributed by atoms with Gasteiger partial charge in [0.1, 0.15) is 11.3 Å². The van der Waals surface area contributed by atoms with Crippen LogP contribution in [0.5, 0.6) is 5.75 Å². The summed E-state index contributed by atoms with van der Waals surface area (Å²) in [5, 5.41) is 10.4. The highest BCUT2D eigenvalue weighted by atomic mass is 35.5. The number of aryl methyl sites for hydroxylation is 3. The predicted octanol–water partition coefficient (Wildman–Crippen LogP) is 6.53. The number of phenols is 1. The molecule has 0 saturated carbocycles. The Bertz CT molecular complexity index is 1220. The molecule has 0 aliphatic heterocycles. The van der Waals surface area contributed by atoms with Crippen LogP contribution in [0.15, 0.2) is 57.9 Å². The normalized spacial score (nSPS) is 11.6. The summed E-state index contributed by atoms with van der Waals surface area (Å²) in [4.78, 5) is 9.06. The Morgan fingerprint density at radius 1 is 1.00 bits per heavy atom. The van der Waals surface area contributed by atoms with E-state index in [0.717, 1.165) is 16.6 Å². The summed E-state index contributed by atoms with van der Waals surface area (Å²) >= 11 is 6.03. The number of hydrogen-bond donors (Lipinski definition) is 1. The molecule has 140 valence electrons. The van der Waals surface area contributed by atoms with Gasteiger partial charge in [0, 0.05) is 17.3 Å². The molecule has 4 nitrogen and oxygen atoms in total. The molecule has 4 rings (SSSR count). The summed E-state index contributed by atoms with van der Waals surface area (Å²) in [6, 6.07) is 15.2. The molecule has 0 amide bonds. The first-order valence-electron chi connectivity index (χ1n) is 8.92. The zero-order chi connectivity index (χ0) is 19.8. The van der Waals surface area contributed by atoms with Crippen molar-refractivity contribution in [2.24, 2.45) is 4.99 Å². The molecule has 0 fully saturated rings. The number of phenolic OH excluding ortho intramolecular Hbond substituents is 1. The molecule has 0 unspecified atom stereocenters. The van der Waals surface area contributed by atoms with Crippen LogP contribution >= 0.6 is 11.6 Å². The molecular formula is C23H19ClN2O2. The molecule has 0 bridgehead atoms. The van der Waals surface area contributed by atoms with E-state index >= 15 is 0 Å². The number of hydrogen-bond acceptors (Lipinski definition) is 4. The molecule has 0 saturated heterocycles. The minimum atomic E-state index is 0.0237. The lowest BCUT2D eigenvalue weighted by molar-refractivity contribution is 0.474. The highest BCUT2D eigenvalue weighted by Gasteiger charge is 2.10. The fourth-order valence-electron chi connectivity index (χ4n) is 3.00. The number of aromatic nitrogens is 1. The Balaban J connectivity index is 1.68. The van der Waals surface area contributed by atoms with Crippen LogP contribution in [-0.4, -0.2) is 16.3 Å². The zero-order valence-electron chi connectivity index (χ0n) is 15.8. The van der Waals surface area contributed by atoms with Crippen molar-refractivity contribution < 1.29 is 9.52 Å². The lowest BCUT2D eigenvalue weighted by Gasteiger charge is -2.03. The first-order chi connectivity index (χ1) is 13.4. The quantitative estimate of drug-likeness (QED) is 0.404. The van der Waals surface area contributed by atoms with E-state index in [4.69, 9.17) is 16.0 Å². The topological polar surface area (TPSA) is 58.6 Å². The fraction of sp³-hybridized carbons (Fsp3) is 0.130. The van der Waals surface area contributed by atoms with Crippen LogP contribution in [0.2, 0.25) is 5.02 Å². The Kier molecular flexibility index (Phi) is 4.65. The number of rotatable bonds is 3. The van der Waals surface area contributed by atoms with E-state index in [9.17, 15) is 5.11 Å². The maximum atomic E-state index is 10.1. The van der Waals surface area contributed by atoms with Crippen molar-refractivity contribution in [2.75, 3.05) is 0 Å². The van der Waals surface area contributed by atoms with Crippen LogP contribution in [0.1, 0.15) is 22.3 Å². The molecule has 0 aliphatic carbocycles. The molecule has 0 aliphatic rings. The van der Waals surface area contributed by atoms with Gasteiger partial charge in [0.15, 0.2) is 5.58 Å². The van der Waals surface area contributed by atoms with Crippen molar-refractivity contribution in [3.8, 4) is 17.2 Å². The van der Waals surface area contributed by atoms with Crippen LogP contribution in [0.3, 0.4) is 0 Å². The predicted molar refractivity (Wildman–Crippen MR) is 114 cm³/mol. The minimum absolute atomic E-state index is 0.0237. The van der Waals surface area contributed by atoms with Gasteiger partial charge in [0.05, 0.1) is 10.7 Å². The number of fused-ring (bicyclic) bond motifs is 1. The molecule has 1 heterocycles. The van der Waals surface area contributed by atoms with Crippen molar-refractivity contribution in [2.45, 2.75) is 20.8 Å². The van der Waals surface area contributed by atoms with Crippen LogP contribution in [0, 0.1) is 20.8 Å². The average Bonchev–Trinajstić information content (AvgIpc) is 3.09. The lowest BCUT2D eigenvalue weighted by atomic mass is 10.1. The molecule has 1 N–H and O–H groups in total. The maximum absolute atomic E-state index is 10.1. The summed E-state index contributed by atoms with van der Waals surface area (Å²) in [7, 11) is 0. The van der Waals surface area contributed by atoms with E-state index in [1.54, 1.807) is 12.3 Å². The van der Waals surface area contributed by atoms with Gasteiger partial charge in [0.2, 0.25) is 5.89 Å². The van der Waals surface area contributed by atoms with Crippen molar-refractivity contribution in [1.82, 2.24) is 4.98 Å². The van der Waals surface area contributed by atoms with Gasteiger partial charge >= 0.3 is 0 Å². The third-order valence-electron chi connectivity index (χ3n) is 4.71. The van der Waals surface area contributed by atoms with Crippen molar-refractivity contribution in [3.63, 3.8) is 0 Å². The second-order valence-electron chi connectivity index (χ2n) is 6.91. The van der Waals surface area contributed by atoms with E-state index < -0.39 is 0 Å². The van der Waals surface area contributed by atoms with Gasteiger partial charge in [-0.25, -0.2) is 4.98 Å². The van der Waals surface area contributed by atoms with E-state index in [-0.39, 0.29) is 5.75 Å². The molecule has 0 radical (unpaired) electrons. The molecule has 1 aromatic heterocycles. The monoisotopic (exact) mass is 390 g/mol. The number of benzene rings is 3. The number of aromatic hydroxyl groups is 1. The first-order valence-corrected chi connectivity index (χ1v) is 9.30. The molecule has 5 heteroatoms. The number of oxazole rings is 1. The van der Waals surface area contributed by atoms with Gasteiger partial charge in [-0.05, 0) is 79.9 Å². The largest absolute Gasteiger partial charge is 0.506 e. The van der Waals surface area contributed by atoms with Crippen molar-refractivity contribution >= 4 is 34.6 Å². The van der Waals surface area contributed by atoms with Crippen molar-refractivity contribution in [1.29, 1.82) is 0 Å². The van der Waals surface area contributed by atoms with Crippen LogP contribution < -0.4 is 0 Å². The van der Waals surface area contributed by atoms with E-state index in [1.165, 1.54) is 11.1 Å². The fourth-order valence-corrected chi connectivity index (χ4v) is 3.28. The second-order valence-corrected chi connectivity index (χ2v) is 7.32. The average molecular weight is 391 g/mol. The van der Waals surface area contributed by atoms with Gasteiger partial charge in [-0.15, -0.1) is 0 Å². The third-order valence-corrected chi connectivity index (χ3v) is 5.00. The Labute approximate surface area is 168 Å². The van der Waals surface area contributed by atoms with Gasteiger partial charge < -0.3 is 9.52 Å². The smallest absolute Gasteiger partial charge is 0.227 e. The highest BCUT2D eigenvalue weighted by Crippen LogP contribution is 2.30. The molecule has 4 aromatic rings. The summed E-state index contributed by atoms with van der Waals surface area (Å²) in [6.45, 7) is 6.06. The van der Waals surface area contributed by atoms with Crippen LogP contribution in [-0.2, 0) is 0 Å². The number of aliphatic imine (C=N–C) groups is 1. The summed E-state index contributed by atoms with van der Waals surface area (Å²) < 4.78 is 5.90. The number of nitrogens with zero attached hydrogens (tertiary/aromatic N) is 2. The summed E-state index contributed by atoms with van der Waals surface area (Å²) in [5.41, 5.74) is 7.05. The Hall–Kier alpha value is -3.11. The summed E-state index contributed by atoms with van der Waals surface area (Å²) in [5.74, 6) is 0.609. The summed E-state index contributed by atoms with van der Waals surface area (Å²) in [6.07, 6.45) is 1.60. The first kappa shape index (κ1) is 18.3. The van der Waals surface area contributed by atoms with Crippen LogP contribution in [0.25, 0.3) is 22.6 Å². The lowest BCUT2D eigenvalue weighted by Crippen LogP contribution is -1.85. The standard InChI is InChI=1S/C23H19ClN2O2/c1-13-8-17(22(27)19(24)9-13)12-25-18-6-7-21-20(11-18)26-23(28-21)16-5-4-14(2)15(3)10-16/h4-12,27H,1-3H3. The Morgan fingerprint density at radius 2 is 1.82 bits per heavy atom. The van der Waals surface area contributed by atoms with E-state index in [1.807, 2.05) is 37.3 Å². The molecule has 0 spiro atoms. The second kappa shape index (κ2) is 7.13. The van der Waals surface area contributed by atoms with Gasteiger partial charge in [0.25, 0.3) is 0 Å². The highest BCUT2D eigenvalue weighted by molar-refractivity contribution is 6.32. The maximum Gasteiger partial charge on any atom is 0.227 e. The molecule has 0 atom stereocenters. The molecule has 3 aromatic carbocycles. The molecular weight excluding hydrogens is 372 g/mol. The van der Waals surface area contributed by atoms with Gasteiger partial charge in [-0.3, -0.25) is 4.99 Å². The van der Waals surface area contributed by atoms with Crippen LogP contribution in [0.4, 0.5) is 5.69 Å². The molecule has 28 heavy (non-hydrogen) atoms. The SMILES string of the molecule is Cc1cc(Cl)c(O)c(C=Nc2ccc3oc(-c4ccc(C)c(C)c4)nc3c2)c1. The van der Waals surface area contributed by atoms with E-state index in [0.29, 0.717) is 27.7 Å². The van der Waals surface area contributed by atoms with Gasteiger partial charge in [-0.2, -0.15) is 0 Å². The zero-order valence-corrected chi connectivity index (χ0v) is 16.6. The van der Waals surface area contributed by atoms with Gasteiger partial charge in [-0.1, -0.05) is 17.7 Å². The third kappa shape index (κ3) is 3.51. The van der Waals surface area contributed by atoms with Crippen molar-refractivity contribution in [3.05, 3.63) is 75.8 Å². The number of halogens is 1. The van der Waals surface area contributed by atoms with E-state index in [2.05, 4.69) is 36.0 Å². The minimum Gasteiger partial charge on any atom is -0.506 e.